The summed E-state index contributed by atoms with van der Waals surface area (Å²) < 4.78 is 5.27. The summed E-state index contributed by atoms with van der Waals surface area (Å²) in [7, 11) is 0. The van der Waals surface area contributed by atoms with Gasteiger partial charge in [0.2, 0.25) is 5.91 Å². The van der Waals surface area contributed by atoms with Crippen molar-refractivity contribution < 1.29 is 14.3 Å². The predicted octanol–water partition coefficient (Wildman–Crippen LogP) is 6.54. The molecule has 3 rings (SSSR count). The Hall–Kier alpha value is -1.82. The lowest BCUT2D eigenvalue weighted by atomic mass is 9.96. The number of halogens is 2. The Morgan fingerprint density at radius 2 is 1.90 bits per heavy atom. The van der Waals surface area contributed by atoms with Gasteiger partial charge >= 0.3 is 5.97 Å². The van der Waals surface area contributed by atoms with Crippen LogP contribution < -0.4 is 5.32 Å². The fraction of sp³-hybridized carbons (Fsp3) is 0.364. The standard InChI is InChI=1S/C22H23Cl2NO3S/c1-2-28-22(27)20-15-7-5-3-4-6-8-18(15)29-21(20)25-19(26)12-10-14-9-11-16(23)17(24)13-14/h9-13H,2-8H2,1H3,(H,25,26)/b12-10+. The minimum atomic E-state index is -0.366. The van der Waals surface area contributed by atoms with Gasteiger partial charge in [0.25, 0.3) is 0 Å². The van der Waals surface area contributed by atoms with Crippen molar-refractivity contribution in [3.8, 4) is 0 Å². The fourth-order valence-electron chi connectivity index (χ4n) is 3.37. The quantitative estimate of drug-likeness (QED) is 0.414. The van der Waals surface area contributed by atoms with Crippen molar-refractivity contribution in [2.45, 2.75) is 45.4 Å². The van der Waals surface area contributed by atoms with Gasteiger partial charge in [-0.1, -0.05) is 42.1 Å². The van der Waals surface area contributed by atoms with Crippen LogP contribution in [-0.2, 0) is 22.4 Å². The van der Waals surface area contributed by atoms with Crippen LogP contribution in [0.1, 0.15) is 59.0 Å². The molecule has 0 bridgehead atoms. The normalized spacial score (nSPS) is 14.2. The SMILES string of the molecule is CCOC(=O)c1c(NC(=O)/C=C/c2ccc(Cl)c(Cl)c2)sc2c1CCCCCC2. The molecule has 0 atom stereocenters. The van der Waals surface area contributed by atoms with E-state index in [-0.39, 0.29) is 11.9 Å². The average Bonchev–Trinajstić information content (AvgIpc) is 2.99. The molecule has 1 aromatic carbocycles. The molecule has 1 amide bonds. The molecule has 1 N–H and O–H groups in total. The third-order valence-electron chi connectivity index (χ3n) is 4.76. The molecule has 1 aliphatic rings. The molecule has 0 spiro atoms. The van der Waals surface area contributed by atoms with Crippen LogP contribution in [0.15, 0.2) is 24.3 Å². The molecule has 4 nitrogen and oxygen atoms in total. The van der Waals surface area contributed by atoms with E-state index in [9.17, 15) is 9.59 Å². The Morgan fingerprint density at radius 1 is 1.14 bits per heavy atom. The van der Waals surface area contributed by atoms with Crippen molar-refractivity contribution in [1.29, 1.82) is 0 Å². The second-order valence-corrected chi connectivity index (χ2v) is 8.76. The Morgan fingerprint density at radius 3 is 2.62 bits per heavy atom. The Labute approximate surface area is 184 Å². The molecule has 7 heteroatoms. The van der Waals surface area contributed by atoms with Crippen molar-refractivity contribution in [3.63, 3.8) is 0 Å². The molecule has 0 radical (unpaired) electrons. The second-order valence-electron chi connectivity index (χ2n) is 6.84. The number of amides is 1. The summed E-state index contributed by atoms with van der Waals surface area (Å²) in [6, 6.07) is 5.15. The van der Waals surface area contributed by atoms with Crippen LogP contribution in [0.25, 0.3) is 6.08 Å². The van der Waals surface area contributed by atoms with Gasteiger partial charge in [0.15, 0.2) is 0 Å². The summed E-state index contributed by atoms with van der Waals surface area (Å²) in [4.78, 5) is 26.3. The largest absolute Gasteiger partial charge is 0.462 e. The molecule has 1 heterocycles. The van der Waals surface area contributed by atoms with Gasteiger partial charge in [-0.15, -0.1) is 11.3 Å². The lowest BCUT2D eigenvalue weighted by Crippen LogP contribution is -2.13. The van der Waals surface area contributed by atoms with Crippen molar-refractivity contribution >= 4 is 57.5 Å². The number of thiophene rings is 1. The highest BCUT2D eigenvalue weighted by Gasteiger charge is 2.25. The highest BCUT2D eigenvalue weighted by atomic mass is 35.5. The first-order chi connectivity index (χ1) is 14.0. The summed E-state index contributed by atoms with van der Waals surface area (Å²) in [6.07, 6.45) is 9.35. The van der Waals surface area contributed by atoms with Crippen LogP contribution >= 0.6 is 34.5 Å². The minimum Gasteiger partial charge on any atom is -0.462 e. The number of rotatable bonds is 5. The van der Waals surface area contributed by atoms with E-state index in [0.29, 0.717) is 27.2 Å². The summed E-state index contributed by atoms with van der Waals surface area (Å²) in [5.74, 6) is -0.676. The maximum absolute atomic E-state index is 12.6. The van der Waals surface area contributed by atoms with Crippen molar-refractivity contribution in [2.24, 2.45) is 0 Å². The third-order valence-corrected chi connectivity index (χ3v) is 6.70. The topological polar surface area (TPSA) is 55.4 Å². The zero-order valence-corrected chi connectivity index (χ0v) is 18.6. The van der Waals surface area contributed by atoms with Crippen molar-refractivity contribution in [2.75, 3.05) is 11.9 Å². The lowest BCUT2D eigenvalue weighted by Gasteiger charge is -2.11. The van der Waals surface area contributed by atoms with Gasteiger partial charge in [0.1, 0.15) is 5.00 Å². The first-order valence-corrected chi connectivity index (χ1v) is 11.3. The Kier molecular flexibility index (Phi) is 7.76. The lowest BCUT2D eigenvalue weighted by molar-refractivity contribution is -0.111. The predicted molar refractivity (Wildman–Crippen MR) is 120 cm³/mol. The van der Waals surface area contributed by atoms with Gasteiger partial charge < -0.3 is 10.1 Å². The van der Waals surface area contributed by atoms with E-state index < -0.39 is 0 Å². The van der Waals surface area contributed by atoms with Crippen LogP contribution in [0.3, 0.4) is 0 Å². The molecule has 154 valence electrons. The van der Waals surface area contributed by atoms with Crippen LogP contribution in [0, 0.1) is 0 Å². The molecule has 1 aromatic heterocycles. The molecule has 0 saturated heterocycles. The maximum Gasteiger partial charge on any atom is 0.341 e. The van der Waals surface area contributed by atoms with E-state index in [4.69, 9.17) is 27.9 Å². The minimum absolute atomic E-state index is 0.300. The Bertz CT molecular complexity index is 936. The van der Waals surface area contributed by atoms with E-state index in [0.717, 1.165) is 43.2 Å². The summed E-state index contributed by atoms with van der Waals surface area (Å²) in [5, 5.41) is 4.33. The fourth-order valence-corrected chi connectivity index (χ4v) is 4.96. The number of ether oxygens (including phenoxy) is 1. The van der Waals surface area contributed by atoms with Crippen LogP contribution in [0.2, 0.25) is 10.0 Å². The number of carbonyl (C=O) groups is 2. The Balaban J connectivity index is 1.83. The number of fused-ring (bicyclic) bond motifs is 1. The van der Waals surface area contributed by atoms with Crippen LogP contribution in [-0.4, -0.2) is 18.5 Å². The number of aryl methyl sites for hydroxylation is 1. The molecule has 2 aromatic rings. The van der Waals surface area contributed by atoms with Gasteiger partial charge in [-0.2, -0.15) is 0 Å². The van der Waals surface area contributed by atoms with Gasteiger partial charge in [-0.05, 0) is 61.9 Å². The first-order valence-electron chi connectivity index (χ1n) is 9.75. The first kappa shape index (κ1) is 21.9. The number of hydrogen-bond acceptors (Lipinski definition) is 4. The van der Waals surface area contributed by atoms with E-state index >= 15 is 0 Å². The van der Waals surface area contributed by atoms with Crippen LogP contribution in [0.5, 0.6) is 0 Å². The summed E-state index contributed by atoms with van der Waals surface area (Å²) in [5.41, 5.74) is 2.32. The number of nitrogens with one attached hydrogen (secondary N) is 1. The monoisotopic (exact) mass is 451 g/mol. The van der Waals surface area contributed by atoms with E-state index in [1.165, 1.54) is 28.7 Å². The molecule has 1 aliphatic carbocycles. The number of hydrogen-bond donors (Lipinski definition) is 1. The number of esters is 1. The summed E-state index contributed by atoms with van der Waals surface area (Å²) >= 11 is 13.4. The van der Waals surface area contributed by atoms with Crippen LogP contribution in [0.4, 0.5) is 5.00 Å². The average molecular weight is 452 g/mol. The molecule has 0 aliphatic heterocycles. The molecule has 0 saturated carbocycles. The molecule has 0 fully saturated rings. The van der Waals surface area contributed by atoms with E-state index in [2.05, 4.69) is 5.32 Å². The van der Waals surface area contributed by atoms with E-state index in [1.54, 1.807) is 31.2 Å². The maximum atomic E-state index is 12.6. The van der Waals surface area contributed by atoms with E-state index in [1.807, 2.05) is 0 Å². The third kappa shape index (κ3) is 5.62. The number of benzene rings is 1. The number of anilines is 1. The molecular weight excluding hydrogens is 429 g/mol. The smallest absolute Gasteiger partial charge is 0.341 e. The highest BCUT2D eigenvalue weighted by Crippen LogP contribution is 2.37. The molecular formula is C22H23Cl2NO3S. The van der Waals surface area contributed by atoms with Crippen molar-refractivity contribution in [1.82, 2.24) is 0 Å². The molecule has 0 unspecified atom stereocenters. The van der Waals surface area contributed by atoms with Gasteiger partial charge in [0.05, 0.1) is 22.2 Å². The zero-order valence-electron chi connectivity index (χ0n) is 16.2. The number of carbonyl (C=O) groups excluding carboxylic acids is 2. The molecule has 29 heavy (non-hydrogen) atoms. The highest BCUT2D eigenvalue weighted by molar-refractivity contribution is 7.17. The second kappa shape index (κ2) is 10.3. The summed E-state index contributed by atoms with van der Waals surface area (Å²) in [6.45, 7) is 2.08. The van der Waals surface area contributed by atoms with Gasteiger partial charge in [-0.3, -0.25) is 4.79 Å². The van der Waals surface area contributed by atoms with Gasteiger partial charge in [-0.25, -0.2) is 4.79 Å². The van der Waals surface area contributed by atoms with Gasteiger partial charge in [0, 0.05) is 11.0 Å². The zero-order chi connectivity index (χ0) is 20.8. The van der Waals surface area contributed by atoms with Crippen molar-refractivity contribution in [3.05, 3.63) is 55.9 Å².